The van der Waals surface area contributed by atoms with Gasteiger partial charge in [-0.05, 0) is 25.0 Å². The molecule has 0 aliphatic rings. The molecule has 0 saturated heterocycles. The fourth-order valence-electron chi connectivity index (χ4n) is 1.95. The molecule has 1 aromatic carbocycles. The van der Waals surface area contributed by atoms with Crippen molar-refractivity contribution in [1.82, 2.24) is 4.90 Å². The molecule has 1 aromatic rings. The van der Waals surface area contributed by atoms with E-state index in [9.17, 15) is 4.79 Å². The Kier molecular flexibility index (Phi) is 7.04. The van der Waals surface area contributed by atoms with Crippen LogP contribution in [0.3, 0.4) is 0 Å². The predicted octanol–water partition coefficient (Wildman–Crippen LogP) is 1.70. The molecule has 0 fully saturated rings. The number of rotatable bonds is 8. The Morgan fingerprint density at radius 2 is 1.90 bits per heavy atom. The molecular weight excluding hydrogens is 256 g/mol. The Hall–Kier alpha value is -1.59. The average Bonchev–Trinajstić information content (AvgIpc) is 2.45. The van der Waals surface area contributed by atoms with Gasteiger partial charge < -0.3 is 20.1 Å². The van der Waals surface area contributed by atoms with Gasteiger partial charge in [-0.2, -0.15) is 0 Å². The number of methoxy groups -OCH3 is 2. The maximum absolute atomic E-state index is 12.6. The van der Waals surface area contributed by atoms with Gasteiger partial charge in [0.2, 0.25) is 0 Å². The zero-order valence-electron chi connectivity index (χ0n) is 12.5. The van der Waals surface area contributed by atoms with E-state index in [2.05, 4.69) is 0 Å². The Morgan fingerprint density at radius 3 is 2.55 bits per heavy atom. The van der Waals surface area contributed by atoms with Crippen LogP contribution >= 0.6 is 0 Å². The third-order valence-corrected chi connectivity index (χ3v) is 3.18. The van der Waals surface area contributed by atoms with Crippen LogP contribution in [-0.2, 0) is 9.47 Å². The van der Waals surface area contributed by atoms with Crippen molar-refractivity contribution in [3.8, 4) is 0 Å². The monoisotopic (exact) mass is 280 g/mol. The number of aryl methyl sites for hydroxylation is 1. The number of carbonyl (C=O) groups is 1. The number of hydrogen-bond donors (Lipinski definition) is 1. The molecule has 0 aromatic heterocycles. The minimum absolute atomic E-state index is 0.0562. The van der Waals surface area contributed by atoms with Gasteiger partial charge in [-0.3, -0.25) is 4.79 Å². The van der Waals surface area contributed by atoms with Gasteiger partial charge in [0.1, 0.15) is 0 Å². The Morgan fingerprint density at radius 1 is 1.20 bits per heavy atom. The van der Waals surface area contributed by atoms with Crippen LogP contribution in [-0.4, -0.2) is 51.3 Å². The number of benzene rings is 1. The van der Waals surface area contributed by atoms with E-state index in [1.54, 1.807) is 25.2 Å². The van der Waals surface area contributed by atoms with Gasteiger partial charge in [-0.1, -0.05) is 12.1 Å². The average molecular weight is 280 g/mol. The number of hydrogen-bond acceptors (Lipinski definition) is 4. The molecule has 0 saturated carbocycles. The molecule has 0 spiro atoms. The fourth-order valence-corrected chi connectivity index (χ4v) is 1.95. The van der Waals surface area contributed by atoms with Crippen LogP contribution in [0.1, 0.15) is 22.3 Å². The van der Waals surface area contributed by atoms with Crippen LogP contribution in [0.15, 0.2) is 18.2 Å². The van der Waals surface area contributed by atoms with Gasteiger partial charge in [0.25, 0.3) is 5.91 Å². The van der Waals surface area contributed by atoms with Crippen LogP contribution < -0.4 is 5.73 Å². The molecule has 0 aliphatic carbocycles. The second-order valence-electron chi connectivity index (χ2n) is 4.67. The molecule has 0 unspecified atom stereocenters. The standard InChI is InChI=1S/C15H24N2O3/c1-12-6-4-7-13(14(12)16)15(18)17(9-11-20-3)8-5-10-19-2/h4,6-7H,5,8-11,16H2,1-3H3. The molecule has 20 heavy (non-hydrogen) atoms. The number of nitrogens with two attached hydrogens (primary N) is 1. The Balaban J connectivity index is 2.82. The molecule has 5 nitrogen and oxygen atoms in total. The van der Waals surface area contributed by atoms with Gasteiger partial charge in [-0.15, -0.1) is 0 Å². The summed E-state index contributed by atoms with van der Waals surface area (Å²) in [6.07, 6.45) is 0.789. The lowest BCUT2D eigenvalue weighted by molar-refractivity contribution is 0.0675. The van der Waals surface area contributed by atoms with Crippen molar-refractivity contribution in [2.75, 3.05) is 46.3 Å². The fraction of sp³-hybridized carbons (Fsp3) is 0.533. The lowest BCUT2D eigenvalue weighted by Gasteiger charge is -2.23. The minimum Gasteiger partial charge on any atom is -0.398 e. The molecule has 0 aliphatic heterocycles. The molecule has 2 N–H and O–H groups in total. The van der Waals surface area contributed by atoms with E-state index in [-0.39, 0.29) is 5.91 Å². The topological polar surface area (TPSA) is 64.8 Å². The zero-order chi connectivity index (χ0) is 15.0. The number of para-hydroxylation sites is 1. The van der Waals surface area contributed by atoms with Crippen molar-refractivity contribution >= 4 is 11.6 Å². The summed E-state index contributed by atoms with van der Waals surface area (Å²) >= 11 is 0. The van der Waals surface area contributed by atoms with Crippen LogP contribution in [0.25, 0.3) is 0 Å². The third kappa shape index (κ3) is 4.51. The molecule has 0 heterocycles. The molecular formula is C15H24N2O3. The maximum Gasteiger partial charge on any atom is 0.256 e. The smallest absolute Gasteiger partial charge is 0.256 e. The van der Waals surface area contributed by atoms with Crippen molar-refractivity contribution in [3.63, 3.8) is 0 Å². The number of carbonyl (C=O) groups excluding carboxylic acids is 1. The number of anilines is 1. The van der Waals surface area contributed by atoms with E-state index in [1.165, 1.54) is 0 Å². The summed E-state index contributed by atoms with van der Waals surface area (Å²) in [5.74, 6) is -0.0562. The van der Waals surface area contributed by atoms with Crippen LogP contribution in [0.5, 0.6) is 0 Å². The van der Waals surface area contributed by atoms with Crippen molar-refractivity contribution in [1.29, 1.82) is 0 Å². The highest BCUT2D eigenvalue weighted by atomic mass is 16.5. The van der Waals surface area contributed by atoms with Crippen LogP contribution in [0, 0.1) is 6.92 Å². The minimum atomic E-state index is -0.0562. The molecule has 1 rings (SSSR count). The van der Waals surface area contributed by atoms with Gasteiger partial charge >= 0.3 is 0 Å². The first-order valence-electron chi connectivity index (χ1n) is 6.74. The van der Waals surface area contributed by atoms with Crippen molar-refractivity contribution < 1.29 is 14.3 Å². The van der Waals surface area contributed by atoms with E-state index in [0.29, 0.717) is 37.6 Å². The lowest BCUT2D eigenvalue weighted by Crippen LogP contribution is -2.35. The highest BCUT2D eigenvalue weighted by molar-refractivity contribution is 5.99. The summed E-state index contributed by atoms with van der Waals surface area (Å²) in [5, 5.41) is 0. The molecule has 0 atom stereocenters. The first-order chi connectivity index (χ1) is 9.61. The summed E-state index contributed by atoms with van der Waals surface area (Å²) in [6.45, 7) is 4.21. The Labute approximate surface area is 120 Å². The van der Waals surface area contributed by atoms with Gasteiger partial charge in [0, 0.05) is 39.6 Å². The van der Waals surface area contributed by atoms with Crippen molar-refractivity contribution in [3.05, 3.63) is 29.3 Å². The molecule has 1 amide bonds. The number of ether oxygens (including phenoxy) is 2. The van der Waals surface area contributed by atoms with Gasteiger partial charge in [-0.25, -0.2) is 0 Å². The van der Waals surface area contributed by atoms with E-state index < -0.39 is 0 Å². The predicted molar refractivity (Wildman–Crippen MR) is 79.9 cm³/mol. The normalized spacial score (nSPS) is 10.6. The van der Waals surface area contributed by atoms with E-state index >= 15 is 0 Å². The zero-order valence-corrected chi connectivity index (χ0v) is 12.5. The number of nitrogen functional groups attached to an aromatic ring is 1. The summed E-state index contributed by atoms with van der Waals surface area (Å²) in [5.41, 5.74) is 8.02. The van der Waals surface area contributed by atoms with Crippen molar-refractivity contribution in [2.45, 2.75) is 13.3 Å². The second kappa shape index (κ2) is 8.55. The Bertz CT molecular complexity index is 435. The third-order valence-electron chi connectivity index (χ3n) is 3.18. The first-order valence-corrected chi connectivity index (χ1v) is 6.74. The van der Waals surface area contributed by atoms with Crippen molar-refractivity contribution in [2.24, 2.45) is 0 Å². The van der Waals surface area contributed by atoms with Crippen LogP contribution in [0.4, 0.5) is 5.69 Å². The van der Waals surface area contributed by atoms with E-state index in [0.717, 1.165) is 12.0 Å². The van der Waals surface area contributed by atoms with E-state index in [1.807, 2.05) is 19.1 Å². The molecule has 0 radical (unpaired) electrons. The summed E-state index contributed by atoms with van der Waals surface area (Å²) in [6, 6.07) is 5.51. The summed E-state index contributed by atoms with van der Waals surface area (Å²) in [4.78, 5) is 14.3. The number of amides is 1. The highest BCUT2D eigenvalue weighted by Gasteiger charge is 2.18. The first kappa shape index (κ1) is 16.5. The molecule has 5 heteroatoms. The molecule has 112 valence electrons. The van der Waals surface area contributed by atoms with Gasteiger partial charge in [0.15, 0.2) is 0 Å². The van der Waals surface area contributed by atoms with Gasteiger partial charge in [0.05, 0.1) is 12.2 Å². The number of nitrogens with zero attached hydrogens (tertiary/aromatic N) is 1. The quantitative estimate of drug-likeness (QED) is 0.581. The summed E-state index contributed by atoms with van der Waals surface area (Å²) in [7, 11) is 3.28. The second-order valence-corrected chi connectivity index (χ2v) is 4.67. The summed E-state index contributed by atoms with van der Waals surface area (Å²) < 4.78 is 10.1. The SMILES string of the molecule is COCCCN(CCOC)C(=O)c1cccc(C)c1N. The molecule has 0 bridgehead atoms. The maximum atomic E-state index is 12.6. The lowest BCUT2D eigenvalue weighted by atomic mass is 10.1. The largest absolute Gasteiger partial charge is 0.398 e. The highest BCUT2D eigenvalue weighted by Crippen LogP contribution is 2.18. The van der Waals surface area contributed by atoms with E-state index in [4.69, 9.17) is 15.2 Å². The van der Waals surface area contributed by atoms with Crippen LogP contribution in [0.2, 0.25) is 0 Å².